The normalized spacial score (nSPS) is 28.4. The van der Waals surface area contributed by atoms with E-state index in [-0.39, 0.29) is 6.10 Å². The molecular weight excluding hydrogens is 242 g/mol. The highest BCUT2D eigenvalue weighted by molar-refractivity contribution is 4.91. The molecule has 0 spiro atoms. The Balaban J connectivity index is 1.50. The van der Waals surface area contributed by atoms with Crippen LogP contribution < -0.4 is 5.32 Å². The monoisotopic (exact) mass is 265 g/mol. The van der Waals surface area contributed by atoms with E-state index >= 15 is 0 Å². The maximum Gasteiger partial charge on any atom is 0.226 e. The van der Waals surface area contributed by atoms with Gasteiger partial charge in [-0.25, -0.2) is 0 Å². The van der Waals surface area contributed by atoms with Crippen molar-refractivity contribution in [3.05, 3.63) is 11.7 Å². The van der Waals surface area contributed by atoms with Gasteiger partial charge in [-0.2, -0.15) is 4.98 Å². The van der Waals surface area contributed by atoms with Crippen molar-refractivity contribution in [3.63, 3.8) is 0 Å². The summed E-state index contributed by atoms with van der Waals surface area (Å²) >= 11 is 0. The number of nitrogens with zero attached hydrogens (tertiary/aromatic N) is 2. The van der Waals surface area contributed by atoms with E-state index < -0.39 is 0 Å². The van der Waals surface area contributed by atoms with Gasteiger partial charge in [0.25, 0.3) is 0 Å². The van der Waals surface area contributed by atoms with Crippen LogP contribution >= 0.6 is 0 Å². The van der Waals surface area contributed by atoms with E-state index in [1.165, 1.54) is 25.7 Å². The van der Waals surface area contributed by atoms with Gasteiger partial charge in [0.2, 0.25) is 5.89 Å². The van der Waals surface area contributed by atoms with E-state index in [9.17, 15) is 0 Å². The molecule has 1 N–H and O–H groups in total. The Hall–Kier alpha value is -0.940. The predicted molar refractivity (Wildman–Crippen MR) is 70.9 cm³/mol. The van der Waals surface area contributed by atoms with E-state index in [2.05, 4.69) is 15.5 Å². The lowest BCUT2D eigenvalue weighted by molar-refractivity contribution is 0.0153. The molecule has 2 fully saturated rings. The van der Waals surface area contributed by atoms with Gasteiger partial charge in [-0.15, -0.1) is 0 Å². The van der Waals surface area contributed by atoms with Gasteiger partial charge in [-0.3, -0.25) is 0 Å². The first kappa shape index (κ1) is 13.1. The number of rotatable bonds is 4. The zero-order valence-electron chi connectivity index (χ0n) is 11.4. The molecule has 19 heavy (non-hydrogen) atoms. The third-order valence-corrected chi connectivity index (χ3v) is 4.06. The van der Waals surface area contributed by atoms with Crippen LogP contribution in [0.2, 0.25) is 0 Å². The summed E-state index contributed by atoms with van der Waals surface area (Å²) in [6.45, 7) is 3.09. The fraction of sp³-hybridized carbons (Fsp3) is 0.857. The van der Waals surface area contributed by atoms with Gasteiger partial charge >= 0.3 is 0 Å². The maximum atomic E-state index is 5.71. The Morgan fingerprint density at radius 3 is 2.95 bits per heavy atom. The smallest absolute Gasteiger partial charge is 0.226 e. The van der Waals surface area contributed by atoms with Crippen LogP contribution in [0.5, 0.6) is 0 Å². The van der Waals surface area contributed by atoms with Crippen molar-refractivity contribution >= 4 is 0 Å². The third-order valence-electron chi connectivity index (χ3n) is 4.06. The third kappa shape index (κ3) is 3.76. The molecule has 2 aliphatic heterocycles. The van der Waals surface area contributed by atoms with Crippen molar-refractivity contribution in [3.8, 4) is 0 Å². The molecule has 0 aliphatic carbocycles. The molecule has 3 rings (SSSR count). The molecule has 0 radical (unpaired) electrons. The van der Waals surface area contributed by atoms with Gasteiger partial charge in [0.05, 0.1) is 6.10 Å². The number of piperidine rings is 1. The van der Waals surface area contributed by atoms with Gasteiger partial charge in [0, 0.05) is 19.4 Å². The summed E-state index contributed by atoms with van der Waals surface area (Å²) in [5.41, 5.74) is 0. The summed E-state index contributed by atoms with van der Waals surface area (Å²) in [6, 6.07) is 0. The number of ether oxygens (including phenoxy) is 1. The van der Waals surface area contributed by atoms with E-state index in [4.69, 9.17) is 9.26 Å². The van der Waals surface area contributed by atoms with Crippen LogP contribution in [-0.2, 0) is 17.6 Å². The minimum absolute atomic E-state index is 0.288. The Labute approximate surface area is 114 Å². The van der Waals surface area contributed by atoms with E-state index in [1.54, 1.807) is 0 Å². The van der Waals surface area contributed by atoms with Crippen LogP contribution in [0, 0.1) is 5.92 Å². The lowest BCUT2D eigenvalue weighted by Gasteiger charge is -2.21. The summed E-state index contributed by atoms with van der Waals surface area (Å²) in [6.07, 6.45) is 8.06. The molecular formula is C14H23N3O2. The topological polar surface area (TPSA) is 60.2 Å². The van der Waals surface area contributed by atoms with E-state index in [0.29, 0.717) is 5.92 Å². The molecule has 2 saturated heterocycles. The summed E-state index contributed by atoms with van der Waals surface area (Å²) < 4.78 is 11.1. The fourth-order valence-electron chi connectivity index (χ4n) is 2.97. The lowest BCUT2D eigenvalue weighted by Crippen LogP contribution is -2.30. The van der Waals surface area contributed by atoms with Crippen molar-refractivity contribution in [1.29, 1.82) is 0 Å². The fourth-order valence-corrected chi connectivity index (χ4v) is 2.97. The van der Waals surface area contributed by atoms with Crippen LogP contribution in [0.15, 0.2) is 4.52 Å². The minimum atomic E-state index is 0.288. The summed E-state index contributed by atoms with van der Waals surface area (Å²) in [7, 11) is 0. The molecule has 2 unspecified atom stereocenters. The molecule has 0 aromatic carbocycles. The van der Waals surface area contributed by atoms with E-state index in [0.717, 1.165) is 50.7 Å². The van der Waals surface area contributed by atoms with Crippen molar-refractivity contribution in [1.82, 2.24) is 15.5 Å². The number of hydrogen-bond acceptors (Lipinski definition) is 5. The second-order valence-electron chi connectivity index (χ2n) is 5.71. The van der Waals surface area contributed by atoms with Gasteiger partial charge in [-0.05, 0) is 51.1 Å². The van der Waals surface area contributed by atoms with E-state index in [1.807, 2.05) is 0 Å². The molecule has 2 atom stereocenters. The second kappa shape index (κ2) is 6.48. The first-order valence-electron chi connectivity index (χ1n) is 7.54. The number of nitrogens with one attached hydrogen (secondary N) is 1. The van der Waals surface area contributed by atoms with Crippen LogP contribution in [0.3, 0.4) is 0 Å². The maximum absolute atomic E-state index is 5.71. The highest BCUT2D eigenvalue weighted by Gasteiger charge is 2.20. The molecule has 0 amide bonds. The molecule has 5 nitrogen and oxygen atoms in total. The molecule has 1 aromatic rings. The lowest BCUT2D eigenvalue weighted by atomic mass is 9.96. The standard InChI is InChI=1S/C14H23N3O2/c1-2-7-18-12(5-1)9-13-16-14(19-17-13)8-11-4-3-6-15-10-11/h11-12,15H,1-10H2. The highest BCUT2D eigenvalue weighted by Crippen LogP contribution is 2.18. The zero-order chi connectivity index (χ0) is 12.9. The Morgan fingerprint density at radius 2 is 2.16 bits per heavy atom. The summed E-state index contributed by atoms with van der Waals surface area (Å²) in [4.78, 5) is 4.51. The first-order valence-corrected chi connectivity index (χ1v) is 7.54. The molecule has 5 heteroatoms. The molecule has 106 valence electrons. The SMILES string of the molecule is C1CCC(Cc2noc(CC3CCCNC3)n2)OC1. The van der Waals surface area contributed by atoms with Gasteiger partial charge in [0.1, 0.15) is 0 Å². The van der Waals surface area contributed by atoms with Crippen molar-refractivity contribution < 1.29 is 9.26 Å². The van der Waals surface area contributed by atoms with Gasteiger partial charge in [0.15, 0.2) is 5.82 Å². The van der Waals surface area contributed by atoms with Gasteiger partial charge < -0.3 is 14.6 Å². The zero-order valence-corrected chi connectivity index (χ0v) is 11.4. The van der Waals surface area contributed by atoms with Crippen molar-refractivity contribution in [2.75, 3.05) is 19.7 Å². The Morgan fingerprint density at radius 1 is 1.16 bits per heavy atom. The summed E-state index contributed by atoms with van der Waals surface area (Å²) in [5, 5.41) is 7.51. The molecule has 0 saturated carbocycles. The average molecular weight is 265 g/mol. The Bertz CT molecular complexity index is 347. The predicted octanol–water partition coefficient (Wildman–Crippen LogP) is 1.72. The van der Waals surface area contributed by atoms with Crippen LogP contribution in [0.4, 0.5) is 0 Å². The van der Waals surface area contributed by atoms with Crippen molar-refractivity contribution in [2.24, 2.45) is 5.92 Å². The molecule has 3 heterocycles. The number of aromatic nitrogens is 2. The average Bonchev–Trinajstić information content (AvgIpc) is 2.88. The van der Waals surface area contributed by atoms with Gasteiger partial charge in [-0.1, -0.05) is 5.16 Å². The van der Waals surface area contributed by atoms with Crippen LogP contribution in [0.25, 0.3) is 0 Å². The molecule has 0 bridgehead atoms. The quantitative estimate of drug-likeness (QED) is 0.898. The first-order chi connectivity index (χ1) is 9.40. The second-order valence-corrected chi connectivity index (χ2v) is 5.71. The number of hydrogen-bond donors (Lipinski definition) is 1. The summed E-state index contributed by atoms with van der Waals surface area (Å²) in [5.74, 6) is 2.25. The van der Waals surface area contributed by atoms with Crippen LogP contribution in [-0.4, -0.2) is 35.9 Å². The molecule has 2 aliphatic rings. The highest BCUT2D eigenvalue weighted by atomic mass is 16.5. The Kier molecular flexibility index (Phi) is 4.45. The minimum Gasteiger partial charge on any atom is -0.378 e. The van der Waals surface area contributed by atoms with Crippen LogP contribution in [0.1, 0.15) is 43.8 Å². The van der Waals surface area contributed by atoms with Crippen molar-refractivity contribution in [2.45, 2.75) is 51.0 Å². The molecule has 1 aromatic heterocycles. The largest absolute Gasteiger partial charge is 0.378 e.